The Balaban J connectivity index is 2.08. The number of carbonyl (C=O) groups is 2. The van der Waals surface area contributed by atoms with Gasteiger partial charge >= 0.3 is 5.97 Å². The molecular weight excluding hydrogens is 312 g/mol. The SMILES string of the molecule is Cc1cc(NC(=O)[C@@H]2CCC[C@@H]2C(=O)O)cnc1Br. The Morgan fingerprint density at radius 1 is 1.42 bits per heavy atom. The number of hydrogen-bond acceptors (Lipinski definition) is 3. The maximum absolute atomic E-state index is 12.1. The molecule has 2 atom stereocenters. The normalized spacial score (nSPS) is 22.2. The van der Waals surface area contributed by atoms with E-state index >= 15 is 0 Å². The van der Waals surface area contributed by atoms with Crippen molar-refractivity contribution in [3.05, 3.63) is 22.4 Å². The second-order valence-corrected chi connectivity index (χ2v) is 5.55. The van der Waals surface area contributed by atoms with Gasteiger partial charge in [0.2, 0.25) is 5.91 Å². The lowest BCUT2D eigenvalue weighted by Crippen LogP contribution is -2.30. The van der Waals surface area contributed by atoms with Gasteiger partial charge in [-0.1, -0.05) is 6.42 Å². The van der Waals surface area contributed by atoms with Gasteiger partial charge in [-0.15, -0.1) is 0 Å². The minimum Gasteiger partial charge on any atom is -0.481 e. The van der Waals surface area contributed by atoms with Crippen LogP contribution in [0.2, 0.25) is 0 Å². The van der Waals surface area contributed by atoms with Gasteiger partial charge in [-0.2, -0.15) is 0 Å². The van der Waals surface area contributed by atoms with Gasteiger partial charge in [0, 0.05) is 0 Å². The van der Waals surface area contributed by atoms with E-state index < -0.39 is 17.8 Å². The molecule has 2 N–H and O–H groups in total. The van der Waals surface area contributed by atoms with Crippen molar-refractivity contribution >= 4 is 33.5 Å². The summed E-state index contributed by atoms with van der Waals surface area (Å²) >= 11 is 3.29. The summed E-state index contributed by atoms with van der Waals surface area (Å²) in [6.07, 6.45) is 3.54. The molecule has 0 saturated heterocycles. The summed E-state index contributed by atoms with van der Waals surface area (Å²) in [6.45, 7) is 1.88. The molecule has 1 saturated carbocycles. The number of aromatic nitrogens is 1. The second-order valence-electron chi connectivity index (χ2n) is 4.80. The average molecular weight is 327 g/mol. The average Bonchev–Trinajstić information content (AvgIpc) is 2.83. The van der Waals surface area contributed by atoms with E-state index in [0.29, 0.717) is 18.5 Å². The molecule has 1 fully saturated rings. The van der Waals surface area contributed by atoms with Crippen LogP contribution in [0.5, 0.6) is 0 Å². The minimum atomic E-state index is -0.886. The highest BCUT2D eigenvalue weighted by molar-refractivity contribution is 9.10. The molecule has 1 heterocycles. The Kier molecular flexibility index (Phi) is 4.19. The summed E-state index contributed by atoms with van der Waals surface area (Å²) in [6, 6.07) is 1.81. The van der Waals surface area contributed by atoms with Crippen molar-refractivity contribution in [3.63, 3.8) is 0 Å². The van der Waals surface area contributed by atoms with Crippen molar-refractivity contribution in [2.45, 2.75) is 26.2 Å². The van der Waals surface area contributed by atoms with E-state index in [9.17, 15) is 9.59 Å². The van der Waals surface area contributed by atoms with E-state index in [2.05, 4.69) is 26.2 Å². The Morgan fingerprint density at radius 3 is 2.74 bits per heavy atom. The number of aliphatic carboxylic acids is 1. The van der Waals surface area contributed by atoms with Gasteiger partial charge in [-0.05, 0) is 47.3 Å². The molecule has 1 aliphatic carbocycles. The van der Waals surface area contributed by atoms with E-state index in [0.717, 1.165) is 16.6 Å². The van der Waals surface area contributed by atoms with Crippen LogP contribution in [0.4, 0.5) is 5.69 Å². The molecule has 1 amide bonds. The fraction of sp³-hybridized carbons (Fsp3) is 0.462. The largest absolute Gasteiger partial charge is 0.481 e. The van der Waals surface area contributed by atoms with E-state index in [4.69, 9.17) is 5.11 Å². The maximum Gasteiger partial charge on any atom is 0.307 e. The topological polar surface area (TPSA) is 79.3 Å². The molecule has 1 aromatic rings. The van der Waals surface area contributed by atoms with Crippen LogP contribution in [0, 0.1) is 18.8 Å². The zero-order chi connectivity index (χ0) is 14.0. The number of anilines is 1. The number of nitrogens with one attached hydrogen (secondary N) is 1. The highest BCUT2D eigenvalue weighted by Crippen LogP contribution is 2.33. The quantitative estimate of drug-likeness (QED) is 0.837. The summed E-state index contributed by atoms with van der Waals surface area (Å²) in [5.74, 6) is -2.12. The number of hydrogen-bond donors (Lipinski definition) is 2. The molecule has 6 heteroatoms. The number of nitrogens with zero attached hydrogens (tertiary/aromatic N) is 1. The Labute approximate surface area is 119 Å². The third-order valence-electron chi connectivity index (χ3n) is 3.45. The molecule has 1 aromatic heterocycles. The second kappa shape index (κ2) is 5.69. The molecule has 0 aliphatic heterocycles. The first-order valence-electron chi connectivity index (χ1n) is 6.15. The van der Waals surface area contributed by atoms with Crippen molar-refractivity contribution in [2.24, 2.45) is 11.8 Å². The molecule has 0 radical (unpaired) electrons. The van der Waals surface area contributed by atoms with Gasteiger partial charge in [0.15, 0.2) is 0 Å². The maximum atomic E-state index is 12.1. The molecule has 0 spiro atoms. The highest BCUT2D eigenvalue weighted by atomic mass is 79.9. The fourth-order valence-corrected chi connectivity index (χ4v) is 2.65. The number of carboxylic acid groups (broad SMARTS) is 1. The molecule has 0 bridgehead atoms. The van der Waals surface area contributed by atoms with Crippen molar-refractivity contribution in [2.75, 3.05) is 5.32 Å². The Hall–Kier alpha value is -1.43. The third-order valence-corrected chi connectivity index (χ3v) is 4.28. The first kappa shape index (κ1) is 14.0. The Morgan fingerprint density at radius 2 is 2.11 bits per heavy atom. The number of carbonyl (C=O) groups excluding carboxylic acids is 1. The summed E-state index contributed by atoms with van der Waals surface area (Å²) in [5.41, 5.74) is 1.51. The van der Waals surface area contributed by atoms with E-state index in [-0.39, 0.29) is 5.91 Å². The summed E-state index contributed by atoms with van der Waals surface area (Å²) in [7, 11) is 0. The zero-order valence-electron chi connectivity index (χ0n) is 10.5. The number of pyridine rings is 1. The predicted octanol–water partition coefficient (Wildman–Crippen LogP) is 2.59. The standard InChI is InChI=1S/C13H15BrN2O3/c1-7-5-8(6-15-11(7)14)16-12(17)9-3-2-4-10(9)13(18)19/h5-6,9-10H,2-4H2,1H3,(H,16,17)(H,18,19)/t9-,10+/m1/s1. The number of aryl methyl sites for hydroxylation is 1. The number of rotatable bonds is 3. The van der Waals surface area contributed by atoms with Gasteiger partial charge < -0.3 is 10.4 Å². The van der Waals surface area contributed by atoms with Crippen LogP contribution in [-0.4, -0.2) is 22.0 Å². The molecule has 1 aliphatic rings. The lowest BCUT2D eigenvalue weighted by Gasteiger charge is -2.15. The van der Waals surface area contributed by atoms with Crippen LogP contribution >= 0.6 is 15.9 Å². The van der Waals surface area contributed by atoms with Crippen molar-refractivity contribution in [3.8, 4) is 0 Å². The van der Waals surface area contributed by atoms with Crippen LogP contribution < -0.4 is 5.32 Å². The van der Waals surface area contributed by atoms with Crippen LogP contribution in [0.1, 0.15) is 24.8 Å². The van der Waals surface area contributed by atoms with Crippen LogP contribution in [-0.2, 0) is 9.59 Å². The number of amides is 1. The molecule has 0 aromatic carbocycles. The lowest BCUT2D eigenvalue weighted by molar-refractivity contribution is -0.145. The first-order valence-corrected chi connectivity index (χ1v) is 6.94. The molecule has 19 heavy (non-hydrogen) atoms. The van der Waals surface area contributed by atoms with E-state index in [1.807, 2.05) is 6.92 Å². The lowest BCUT2D eigenvalue weighted by atomic mass is 9.95. The molecule has 2 rings (SSSR count). The highest BCUT2D eigenvalue weighted by Gasteiger charge is 2.37. The fourth-order valence-electron chi connectivity index (χ4n) is 2.43. The van der Waals surface area contributed by atoms with E-state index in [1.165, 1.54) is 0 Å². The zero-order valence-corrected chi connectivity index (χ0v) is 12.1. The van der Waals surface area contributed by atoms with Gasteiger partial charge in [0.1, 0.15) is 4.60 Å². The van der Waals surface area contributed by atoms with Crippen LogP contribution in [0.3, 0.4) is 0 Å². The van der Waals surface area contributed by atoms with Crippen molar-refractivity contribution in [1.29, 1.82) is 0 Å². The number of halogens is 1. The molecule has 0 unspecified atom stereocenters. The summed E-state index contributed by atoms with van der Waals surface area (Å²) in [4.78, 5) is 27.3. The van der Waals surface area contributed by atoms with Crippen molar-refractivity contribution < 1.29 is 14.7 Å². The predicted molar refractivity (Wildman–Crippen MR) is 73.8 cm³/mol. The Bertz CT molecular complexity index is 519. The molecule has 5 nitrogen and oxygen atoms in total. The molecule has 102 valence electrons. The van der Waals surface area contributed by atoms with Crippen LogP contribution in [0.15, 0.2) is 16.9 Å². The number of carboxylic acids is 1. The van der Waals surface area contributed by atoms with Crippen molar-refractivity contribution in [1.82, 2.24) is 4.98 Å². The van der Waals surface area contributed by atoms with E-state index in [1.54, 1.807) is 12.3 Å². The first-order chi connectivity index (χ1) is 8.99. The van der Waals surface area contributed by atoms with Gasteiger partial charge in [0.05, 0.1) is 23.7 Å². The summed E-state index contributed by atoms with van der Waals surface area (Å²) in [5, 5.41) is 11.8. The third kappa shape index (κ3) is 3.12. The summed E-state index contributed by atoms with van der Waals surface area (Å²) < 4.78 is 0.731. The van der Waals surface area contributed by atoms with Crippen LogP contribution in [0.25, 0.3) is 0 Å². The van der Waals surface area contributed by atoms with Gasteiger partial charge in [-0.25, -0.2) is 4.98 Å². The minimum absolute atomic E-state index is 0.228. The molecular formula is C13H15BrN2O3. The monoisotopic (exact) mass is 326 g/mol. The van der Waals surface area contributed by atoms with Gasteiger partial charge in [0.25, 0.3) is 0 Å². The van der Waals surface area contributed by atoms with Gasteiger partial charge in [-0.3, -0.25) is 9.59 Å². The smallest absolute Gasteiger partial charge is 0.307 e.